The van der Waals surface area contributed by atoms with Crippen LogP contribution in [-0.2, 0) is 0 Å². The van der Waals surface area contributed by atoms with Crippen LogP contribution in [0.25, 0.3) is 0 Å². The lowest BCUT2D eigenvalue weighted by atomic mass is 10.2. The van der Waals surface area contributed by atoms with Crippen molar-refractivity contribution in [1.82, 2.24) is 0 Å². The van der Waals surface area contributed by atoms with Crippen LogP contribution in [0.15, 0.2) is 21.1 Å². The van der Waals surface area contributed by atoms with Gasteiger partial charge in [-0.3, -0.25) is 4.79 Å². The van der Waals surface area contributed by atoms with Gasteiger partial charge in [0.15, 0.2) is 0 Å². The van der Waals surface area contributed by atoms with Gasteiger partial charge in [-0.15, -0.1) is 0 Å². The van der Waals surface area contributed by atoms with E-state index in [2.05, 4.69) is 45.7 Å². The fourth-order valence-corrected chi connectivity index (χ4v) is 2.49. The summed E-state index contributed by atoms with van der Waals surface area (Å²) in [6.07, 6.45) is 0.807. The molecule has 1 aromatic rings. The first-order valence-electron chi connectivity index (χ1n) is 4.61. The monoisotopic (exact) mass is 334 g/mol. The SMILES string of the molecule is CC(C)COc1c(Br)cc(C=O)cc1Br. The summed E-state index contributed by atoms with van der Waals surface area (Å²) in [5, 5.41) is 0. The average Bonchev–Trinajstić information content (AvgIpc) is 2.15. The third-order valence-electron chi connectivity index (χ3n) is 1.72. The molecule has 82 valence electrons. The van der Waals surface area contributed by atoms with Crippen LogP contribution >= 0.6 is 31.9 Å². The van der Waals surface area contributed by atoms with E-state index in [1.54, 1.807) is 12.1 Å². The number of hydrogen-bond acceptors (Lipinski definition) is 2. The Morgan fingerprint density at radius 3 is 2.27 bits per heavy atom. The first-order chi connectivity index (χ1) is 7.04. The number of carbonyl (C=O) groups is 1. The van der Waals surface area contributed by atoms with Gasteiger partial charge in [-0.1, -0.05) is 13.8 Å². The van der Waals surface area contributed by atoms with Gasteiger partial charge in [-0.2, -0.15) is 0 Å². The van der Waals surface area contributed by atoms with Gasteiger partial charge in [0.2, 0.25) is 0 Å². The van der Waals surface area contributed by atoms with Crippen molar-refractivity contribution in [2.75, 3.05) is 6.61 Å². The van der Waals surface area contributed by atoms with Crippen molar-refractivity contribution in [3.05, 3.63) is 26.6 Å². The van der Waals surface area contributed by atoms with Crippen molar-refractivity contribution in [3.63, 3.8) is 0 Å². The molecule has 0 aliphatic heterocycles. The lowest BCUT2D eigenvalue weighted by Gasteiger charge is -2.12. The van der Waals surface area contributed by atoms with Gasteiger partial charge in [0.25, 0.3) is 0 Å². The van der Waals surface area contributed by atoms with Crippen LogP contribution in [0.4, 0.5) is 0 Å². The molecule has 1 rings (SSSR count). The zero-order valence-corrected chi connectivity index (χ0v) is 11.8. The maximum atomic E-state index is 10.6. The second-order valence-corrected chi connectivity index (χ2v) is 5.35. The molecule has 0 bridgehead atoms. The fourth-order valence-electron chi connectivity index (χ4n) is 1.04. The van der Waals surface area contributed by atoms with Gasteiger partial charge in [0.1, 0.15) is 12.0 Å². The summed E-state index contributed by atoms with van der Waals surface area (Å²) in [6, 6.07) is 3.49. The van der Waals surface area contributed by atoms with Crippen LogP contribution in [0, 0.1) is 5.92 Å². The Labute approximate surface area is 106 Å². The molecular formula is C11H12Br2O2. The minimum atomic E-state index is 0.467. The second-order valence-electron chi connectivity index (χ2n) is 3.64. The topological polar surface area (TPSA) is 26.3 Å². The molecule has 0 saturated heterocycles. The third kappa shape index (κ3) is 3.61. The van der Waals surface area contributed by atoms with Crippen LogP contribution in [0.2, 0.25) is 0 Å². The van der Waals surface area contributed by atoms with Gasteiger partial charge >= 0.3 is 0 Å². The molecular weight excluding hydrogens is 324 g/mol. The zero-order chi connectivity index (χ0) is 11.4. The quantitative estimate of drug-likeness (QED) is 0.775. The molecule has 1 aromatic carbocycles. The molecule has 0 aliphatic carbocycles. The predicted octanol–water partition coefficient (Wildman–Crippen LogP) is 4.06. The zero-order valence-electron chi connectivity index (χ0n) is 8.59. The fraction of sp³-hybridized carbons (Fsp3) is 0.364. The lowest BCUT2D eigenvalue weighted by molar-refractivity contribution is 0.112. The Morgan fingerprint density at radius 2 is 1.87 bits per heavy atom. The van der Waals surface area contributed by atoms with E-state index in [0.29, 0.717) is 18.1 Å². The van der Waals surface area contributed by atoms with Crippen molar-refractivity contribution in [2.24, 2.45) is 5.92 Å². The van der Waals surface area contributed by atoms with Crippen LogP contribution in [0.3, 0.4) is 0 Å². The van der Waals surface area contributed by atoms with E-state index >= 15 is 0 Å². The Morgan fingerprint density at radius 1 is 1.33 bits per heavy atom. The Balaban J connectivity index is 2.93. The van der Waals surface area contributed by atoms with Crippen molar-refractivity contribution < 1.29 is 9.53 Å². The van der Waals surface area contributed by atoms with Crippen molar-refractivity contribution >= 4 is 38.1 Å². The summed E-state index contributed by atoms with van der Waals surface area (Å²) in [5.74, 6) is 1.21. The van der Waals surface area contributed by atoms with Gasteiger partial charge in [0, 0.05) is 5.56 Å². The van der Waals surface area contributed by atoms with Crippen LogP contribution in [-0.4, -0.2) is 12.9 Å². The maximum absolute atomic E-state index is 10.6. The van der Waals surface area contributed by atoms with E-state index in [4.69, 9.17) is 4.74 Å². The predicted molar refractivity (Wildman–Crippen MR) is 67.6 cm³/mol. The largest absolute Gasteiger partial charge is 0.491 e. The number of ether oxygens (including phenoxy) is 1. The first-order valence-corrected chi connectivity index (χ1v) is 6.20. The summed E-state index contributed by atoms with van der Waals surface area (Å²) in [4.78, 5) is 10.6. The maximum Gasteiger partial charge on any atom is 0.150 e. The molecule has 0 fully saturated rings. The molecule has 0 unspecified atom stereocenters. The van der Waals surface area contributed by atoms with E-state index in [1.807, 2.05) is 0 Å². The van der Waals surface area contributed by atoms with Gasteiger partial charge in [0.05, 0.1) is 15.6 Å². The summed E-state index contributed by atoms with van der Waals surface area (Å²) < 4.78 is 7.20. The highest BCUT2D eigenvalue weighted by Crippen LogP contribution is 2.34. The number of benzene rings is 1. The van der Waals surface area contributed by atoms with Gasteiger partial charge in [-0.25, -0.2) is 0 Å². The van der Waals surface area contributed by atoms with E-state index < -0.39 is 0 Å². The minimum Gasteiger partial charge on any atom is -0.491 e. The number of aldehydes is 1. The third-order valence-corrected chi connectivity index (χ3v) is 2.90. The summed E-state index contributed by atoms with van der Waals surface area (Å²) in [5.41, 5.74) is 0.616. The Hall–Kier alpha value is -0.350. The summed E-state index contributed by atoms with van der Waals surface area (Å²) in [6.45, 7) is 4.82. The molecule has 4 heteroatoms. The van der Waals surface area contributed by atoms with Crippen molar-refractivity contribution in [1.29, 1.82) is 0 Å². The van der Waals surface area contributed by atoms with E-state index in [-0.39, 0.29) is 0 Å². The summed E-state index contributed by atoms with van der Waals surface area (Å²) in [7, 11) is 0. The highest BCUT2D eigenvalue weighted by Gasteiger charge is 2.09. The van der Waals surface area contributed by atoms with Gasteiger partial charge < -0.3 is 4.74 Å². The molecule has 0 heterocycles. The highest BCUT2D eigenvalue weighted by atomic mass is 79.9. The normalized spacial score (nSPS) is 10.5. The van der Waals surface area contributed by atoms with Crippen molar-refractivity contribution in [2.45, 2.75) is 13.8 Å². The lowest BCUT2D eigenvalue weighted by Crippen LogP contribution is -2.05. The highest BCUT2D eigenvalue weighted by molar-refractivity contribution is 9.11. The standard InChI is InChI=1S/C11H12Br2O2/c1-7(2)6-15-11-9(12)3-8(5-14)4-10(11)13/h3-5,7H,6H2,1-2H3. The van der Waals surface area contributed by atoms with E-state index in [9.17, 15) is 4.79 Å². The van der Waals surface area contributed by atoms with E-state index in [0.717, 1.165) is 21.0 Å². The molecule has 2 nitrogen and oxygen atoms in total. The molecule has 0 spiro atoms. The summed E-state index contributed by atoms with van der Waals surface area (Å²) >= 11 is 6.75. The van der Waals surface area contributed by atoms with Crippen LogP contribution < -0.4 is 4.74 Å². The van der Waals surface area contributed by atoms with Crippen LogP contribution in [0.5, 0.6) is 5.75 Å². The Kier molecular flexibility index (Phi) is 4.80. The number of hydrogen-bond donors (Lipinski definition) is 0. The molecule has 15 heavy (non-hydrogen) atoms. The first kappa shape index (κ1) is 12.7. The van der Waals surface area contributed by atoms with Crippen molar-refractivity contribution in [3.8, 4) is 5.75 Å². The van der Waals surface area contributed by atoms with Crippen LogP contribution in [0.1, 0.15) is 24.2 Å². The molecule has 0 radical (unpaired) electrons. The number of halogens is 2. The molecule has 0 amide bonds. The second kappa shape index (κ2) is 5.66. The molecule has 0 atom stereocenters. The molecule has 0 saturated carbocycles. The Bertz CT molecular complexity index is 339. The minimum absolute atomic E-state index is 0.467. The van der Waals surface area contributed by atoms with E-state index in [1.165, 1.54) is 0 Å². The average molecular weight is 336 g/mol. The number of carbonyl (C=O) groups excluding carboxylic acids is 1. The van der Waals surface area contributed by atoms with Gasteiger partial charge in [-0.05, 0) is 49.9 Å². The smallest absolute Gasteiger partial charge is 0.150 e. The number of rotatable bonds is 4. The molecule has 0 aliphatic rings. The molecule has 0 aromatic heterocycles. The molecule has 0 N–H and O–H groups in total.